The lowest BCUT2D eigenvalue weighted by Crippen LogP contribution is -2.54. The SMILES string of the molecule is C[Si](Cl)(Cl)C(Cl)(Cl)[Si](C)(C)Br. The molecule has 0 rings (SSSR count). The smallest absolute Gasteiger partial charge is 0.143 e. The zero-order valence-electron chi connectivity index (χ0n) is 6.39. The zero-order valence-corrected chi connectivity index (χ0v) is 13.0. The Morgan fingerprint density at radius 1 is 1.09 bits per heavy atom. The number of rotatable bonds is 2. The van der Waals surface area contributed by atoms with Gasteiger partial charge in [0.2, 0.25) is 0 Å². The molecule has 0 bridgehead atoms. The molecule has 0 unspecified atom stereocenters. The van der Waals surface area contributed by atoms with Crippen LogP contribution >= 0.6 is 60.7 Å². The molecule has 0 radical (unpaired) electrons. The van der Waals surface area contributed by atoms with Gasteiger partial charge in [-0.2, -0.15) is 0 Å². The van der Waals surface area contributed by atoms with E-state index >= 15 is 0 Å². The summed E-state index contributed by atoms with van der Waals surface area (Å²) in [4.78, 5) is 0. The Hall–Kier alpha value is 2.07. The van der Waals surface area contributed by atoms with E-state index in [1.54, 1.807) is 6.55 Å². The molecule has 0 N–H and O–H groups in total. The second-order valence-corrected chi connectivity index (χ2v) is 23.3. The van der Waals surface area contributed by atoms with E-state index in [0.29, 0.717) is 0 Å². The van der Waals surface area contributed by atoms with Gasteiger partial charge in [0.05, 0.1) is 0 Å². The third-order valence-electron chi connectivity index (χ3n) is 1.30. The van der Waals surface area contributed by atoms with Crippen molar-refractivity contribution in [1.82, 2.24) is 0 Å². The van der Waals surface area contributed by atoms with E-state index in [1.165, 1.54) is 0 Å². The fraction of sp³-hybridized carbons (Fsp3) is 1.00. The van der Waals surface area contributed by atoms with Crippen LogP contribution in [0.1, 0.15) is 0 Å². The van der Waals surface area contributed by atoms with Crippen LogP contribution in [-0.2, 0) is 0 Å². The minimum atomic E-state index is -2.53. The summed E-state index contributed by atoms with van der Waals surface area (Å²) in [6, 6.07) is 0. The van der Waals surface area contributed by atoms with Gasteiger partial charge < -0.3 is 0 Å². The van der Waals surface area contributed by atoms with Gasteiger partial charge in [-0.3, -0.25) is 0 Å². The van der Waals surface area contributed by atoms with Gasteiger partial charge in [0, 0.05) is 0 Å². The molecular formula is C4H9BrCl4Si2. The maximum absolute atomic E-state index is 6.07. The normalized spacial score (nSPS) is 15.3. The number of hydrogen-bond donors (Lipinski definition) is 0. The maximum atomic E-state index is 6.07. The summed E-state index contributed by atoms with van der Waals surface area (Å²) in [6.07, 6.45) is 0. The highest BCUT2D eigenvalue weighted by molar-refractivity contribution is 9.26. The van der Waals surface area contributed by atoms with Crippen LogP contribution in [0.2, 0.25) is 19.6 Å². The molecule has 11 heavy (non-hydrogen) atoms. The van der Waals surface area contributed by atoms with E-state index in [4.69, 9.17) is 45.4 Å². The summed E-state index contributed by atoms with van der Waals surface area (Å²) in [7, 11) is 0. The monoisotopic (exact) mass is 332 g/mol. The van der Waals surface area contributed by atoms with Crippen molar-refractivity contribution in [2.45, 2.75) is 23.2 Å². The van der Waals surface area contributed by atoms with Gasteiger partial charge >= 0.3 is 0 Å². The van der Waals surface area contributed by atoms with Crippen molar-refractivity contribution in [3.05, 3.63) is 0 Å². The Morgan fingerprint density at radius 3 is 1.36 bits per heavy atom. The van der Waals surface area contributed by atoms with Crippen LogP contribution < -0.4 is 0 Å². The third-order valence-corrected chi connectivity index (χ3v) is 20.4. The standard InChI is InChI=1S/C4H9BrCl4Si2/c1-10(2,5)4(6,7)11(3,8)9/h1-3H3. The van der Waals surface area contributed by atoms with Gasteiger partial charge in [-0.05, 0) is 6.55 Å². The van der Waals surface area contributed by atoms with Crippen LogP contribution in [0.3, 0.4) is 0 Å². The zero-order chi connectivity index (χ0) is 9.50. The fourth-order valence-corrected chi connectivity index (χ4v) is 14.6. The van der Waals surface area contributed by atoms with E-state index in [2.05, 4.69) is 15.3 Å². The molecule has 0 aliphatic heterocycles. The van der Waals surface area contributed by atoms with Gasteiger partial charge in [-0.25, -0.2) is 0 Å². The average Bonchev–Trinajstić information content (AvgIpc) is 1.58. The molecule has 0 saturated carbocycles. The first-order valence-corrected chi connectivity index (χ1v) is 13.5. The Balaban J connectivity index is 4.75. The van der Waals surface area contributed by atoms with Crippen molar-refractivity contribution >= 4 is 74.0 Å². The first-order valence-electron chi connectivity index (χ1n) is 2.94. The van der Waals surface area contributed by atoms with E-state index in [1.807, 2.05) is 13.1 Å². The van der Waals surface area contributed by atoms with Crippen LogP contribution in [0.15, 0.2) is 0 Å². The van der Waals surface area contributed by atoms with Gasteiger partial charge in [0.25, 0.3) is 6.69 Å². The minimum Gasteiger partial charge on any atom is -0.143 e. The van der Waals surface area contributed by atoms with Crippen molar-refractivity contribution in [1.29, 1.82) is 0 Å². The van der Waals surface area contributed by atoms with E-state index in [0.717, 1.165) is 0 Å². The summed E-state index contributed by atoms with van der Waals surface area (Å²) in [6.45, 7) is 1.27. The predicted molar refractivity (Wildman–Crippen MR) is 64.2 cm³/mol. The van der Waals surface area contributed by atoms with E-state index in [-0.39, 0.29) is 0 Å². The Bertz CT molecular complexity index is 131. The molecule has 0 aliphatic rings. The van der Waals surface area contributed by atoms with Crippen LogP contribution in [0, 0.1) is 0 Å². The van der Waals surface area contributed by atoms with E-state index < -0.39 is 17.0 Å². The van der Waals surface area contributed by atoms with Crippen LogP contribution in [0.5, 0.6) is 0 Å². The van der Waals surface area contributed by atoms with Crippen molar-refractivity contribution in [2.24, 2.45) is 0 Å². The topological polar surface area (TPSA) is 0 Å². The van der Waals surface area contributed by atoms with Crippen molar-refractivity contribution in [2.75, 3.05) is 0 Å². The first kappa shape index (κ1) is 13.1. The Kier molecular flexibility index (Phi) is 4.37. The molecule has 0 nitrogen and oxygen atoms in total. The van der Waals surface area contributed by atoms with Crippen LogP contribution in [0.25, 0.3) is 0 Å². The Morgan fingerprint density at radius 2 is 1.36 bits per heavy atom. The first-order chi connectivity index (χ1) is 4.50. The molecule has 0 heterocycles. The lowest BCUT2D eigenvalue weighted by molar-refractivity contribution is 1.52. The number of hydrogen-bond acceptors (Lipinski definition) is 0. The molecule has 0 amide bonds. The van der Waals surface area contributed by atoms with Crippen molar-refractivity contribution < 1.29 is 0 Å². The molecule has 0 aromatic rings. The molecule has 0 aliphatic carbocycles. The lowest BCUT2D eigenvalue weighted by Gasteiger charge is -2.35. The highest BCUT2D eigenvalue weighted by atomic mass is 79.9. The third kappa shape index (κ3) is 3.04. The summed E-state index contributed by atoms with van der Waals surface area (Å²) in [5.41, 5.74) is 0. The Labute approximate surface area is 96.5 Å². The van der Waals surface area contributed by atoms with Crippen LogP contribution in [-0.4, -0.2) is 17.0 Å². The number of halogens is 5. The maximum Gasteiger partial charge on any atom is 0.281 e. The molecule has 0 aromatic heterocycles. The van der Waals surface area contributed by atoms with Gasteiger partial charge in [-0.1, -0.05) is 13.1 Å². The molecule has 0 spiro atoms. The van der Waals surface area contributed by atoms with Gasteiger partial charge in [-0.15, -0.1) is 60.7 Å². The molecule has 7 heteroatoms. The fourth-order valence-electron chi connectivity index (χ4n) is 0.522. The van der Waals surface area contributed by atoms with Crippen molar-refractivity contribution in [3.63, 3.8) is 0 Å². The molecule has 68 valence electrons. The summed E-state index contributed by atoms with van der Waals surface area (Å²) < 4.78 is -0.955. The van der Waals surface area contributed by atoms with Gasteiger partial charge in [0.15, 0.2) is 6.69 Å². The average molecular weight is 335 g/mol. The van der Waals surface area contributed by atoms with E-state index in [9.17, 15) is 0 Å². The van der Waals surface area contributed by atoms with Crippen molar-refractivity contribution in [3.8, 4) is 0 Å². The second-order valence-electron chi connectivity index (χ2n) is 2.94. The number of alkyl halides is 2. The predicted octanol–water partition coefficient (Wildman–Crippen LogP) is 4.39. The largest absolute Gasteiger partial charge is 0.281 e. The quantitative estimate of drug-likeness (QED) is 0.399. The molecular weight excluding hydrogens is 326 g/mol. The molecule has 0 atom stereocenters. The van der Waals surface area contributed by atoms with Gasteiger partial charge in [0.1, 0.15) is 3.58 Å². The summed E-state index contributed by atoms with van der Waals surface area (Å²) in [5.74, 6) is 0. The molecule has 0 aromatic carbocycles. The lowest BCUT2D eigenvalue weighted by atomic mass is 11.7. The minimum absolute atomic E-state index is 0.955. The molecule has 0 fully saturated rings. The molecule has 0 saturated heterocycles. The second kappa shape index (κ2) is 3.67. The summed E-state index contributed by atoms with van der Waals surface area (Å²) in [5, 5.41) is 0. The highest BCUT2D eigenvalue weighted by Gasteiger charge is 2.56. The highest BCUT2D eigenvalue weighted by Crippen LogP contribution is 2.47. The summed E-state index contributed by atoms with van der Waals surface area (Å²) >= 11 is 27.5. The van der Waals surface area contributed by atoms with Crippen LogP contribution in [0.4, 0.5) is 0 Å².